The molecule has 2 aromatic rings. The minimum absolute atomic E-state index is 0.00464. The van der Waals surface area contributed by atoms with Crippen molar-refractivity contribution in [2.75, 3.05) is 6.61 Å². The van der Waals surface area contributed by atoms with Crippen LogP contribution >= 0.6 is 0 Å². The summed E-state index contributed by atoms with van der Waals surface area (Å²) in [7, 11) is 0. The highest BCUT2D eigenvalue weighted by Gasteiger charge is 2.22. The molecule has 1 aromatic carbocycles. The fraction of sp³-hybridized carbons (Fsp3) is 0.375. The molecular formula is C16H20N4O2. The summed E-state index contributed by atoms with van der Waals surface area (Å²) in [5.74, 6) is 0.851. The summed E-state index contributed by atoms with van der Waals surface area (Å²) in [6, 6.07) is 9.51. The number of ether oxygens (including phenoxy) is 1. The SMILES string of the molecule is C[C@@H](Cn1cccn1)NC(=O)N[C@@H]1CCOc2ccccc21. The van der Waals surface area contributed by atoms with Crippen LogP contribution in [0.1, 0.15) is 24.9 Å². The molecule has 0 saturated heterocycles. The molecule has 6 nitrogen and oxygen atoms in total. The normalized spacial score (nSPS) is 18.0. The molecule has 0 radical (unpaired) electrons. The van der Waals surface area contributed by atoms with Crippen LogP contribution in [0.15, 0.2) is 42.7 Å². The van der Waals surface area contributed by atoms with Crippen molar-refractivity contribution < 1.29 is 9.53 Å². The van der Waals surface area contributed by atoms with Gasteiger partial charge in [-0.25, -0.2) is 4.79 Å². The lowest BCUT2D eigenvalue weighted by atomic mass is 10.0. The first-order chi connectivity index (χ1) is 10.7. The molecule has 2 N–H and O–H groups in total. The second-order valence-corrected chi connectivity index (χ2v) is 5.47. The largest absolute Gasteiger partial charge is 0.493 e. The molecule has 1 aliphatic rings. The van der Waals surface area contributed by atoms with E-state index in [9.17, 15) is 4.79 Å². The number of rotatable bonds is 4. The summed E-state index contributed by atoms with van der Waals surface area (Å²) in [6.07, 6.45) is 4.38. The molecule has 22 heavy (non-hydrogen) atoms. The molecule has 0 aliphatic carbocycles. The highest BCUT2D eigenvalue weighted by Crippen LogP contribution is 2.31. The first-order valence-corrected chi connectivity index (χ1v) is 7.48. The average molecular weight is 300 g/mol. The summed E-state index contributed by atoms with van der Waals surface area (Å²) in [5, 5.41) is 10.1. The number of benzene rings is 1. The number of carbonyl (C=O) groups excluding carboxylic acids is 1. The van der Waals surface area contributed by atoms with Gasteiger partial charge in [0.25, 0.3) is 0 Å². The number of para-hydroxylation sites is 1. The van der Waals surface area contributed by atoms with Gasteiger partial charge in [-0.1, -0.05) is 18.2 Å². The lowest BCUT2D eigenvalue weighted by Gasteiger charge is -2.27. The maximum Gasteiger partial charge on any atom is 0.315 e. The fourth-order valence-corrected chi connectivity index (χ4v) is 2.65. The summed E-state index contributed by atoms with van der Waals surface area (Å²) >= 11 is 0. The number of amides is 2. The Labute approximate surface area is 129 Å². The van der Waals surface area contributed by atoms with Crippen LogP contribution in [0, 0.1) is 0 Å². The van der Waals surface area contributed by atoms with E-state index in [2.05, 4.69) is 15.7 Å². The van der Waals surface area contributed by atoms with Gasteiger partial charge in [0.15, 0.2) is 0 Å². The maximum atomic E-state index is 12.2. The molecule has 116 valence electrons. The standard InChI is InChI=1S/C16H20N4O2/c1-12(11-20-9-4-8-17-20)18-16(21)19-14-7-10-22-15-6-3-2-5-13(14)15/h2-6,8-9,12,14H,7,10-11H2,1H3,(H2,18,19,21)/t12-,14+/m0/s1. The first kappa shape index (κ1) is 14.4. The van der Waals surface area contributed by atoms with Gasteiger partial charge in [0.1, 0.15) is 5.75 Å². The summed E-state index contributed by atoms with van der Waals surface area (Å²) in [6.45, 7) is 3.22. The van der Waals surface area contributed by atoms with E-state index in [1.54, 1.807) is 10.9 Å². The van der Waals surface area contributed by atoms with Crippen molar-refractivity contribution in [3.8, 4) is 5.75 Å². The lowest BCUT2D eigenvalue weighted by Crippen LogP contribution is -2.44. The Balaban J connectivity index is 1.56. The minimum Gasteiger partial charge on any atom is -0.493 e. The molecule has 3 rings (SSSR count). The van der Waals surface area contributed by atoms with E-state index in [0.29, 0.717) is 13.2 Å². The summed E-state index contributed by atoms with van der Waals surface area (Å²) < 4.78 is 7.40. The number of nitrogens with zero attached hydrogens (tertiary/aromatic N) is 2. The Morgan fingerprint density at radius 2 is 2.32 bits per heavy atom. The molecule has 2 amide bonds. The van der Waals surface area contributed by atoms with Crippen molar-refractivity contribution in [3.05, 3.63) is 48.3 Å². The molecular weight excluding hydrogens is 280 g/mol. The Morgan fingerprint density at radius 3 is 3.14 bits per heavy atom. The van der Waals surface area contributed by atoms with Gasteiger partial charge >= 0.3 is 6.03 Å². The summed E-state index contributed by atoms with van der Waals surface area (Å²) in [5.41, 5.74) is 1.03. The van der Waals surface area contributed by atoms with Crippen LogP contribution in [0.4, 0.5) is 4.79 Å². The highest BCUT2D eigenvalue weighted by atomic mass is 16.5. The van der Waals surface area contributed by atoms with Crippen molar-refractivity contribution in [1.82, 2.24) is 20.4 Å². The number of fused-ring (bicyclic) bond motifs is 1. The number of nitrogens with one attached hydrogen (secondary N) is 2. The third-order valence-corrected chi connectivity index (χ3v) is 3.66. The van der Waals surface area contributed by atoms with E-state index in [-0.39, 0.29) is 18.1 Å². The van der Waals surface area contributed by atoms with E-state index in [0.717, 1.165) is 17.7 Å². The van der Waals surface area contributed by atoms with Gasteiger partial charge in [-0.2, -0.15) is 5.10 Å². The third-order valence-electron chi connectivity index (χ3n) is 3.66. The van der Waals surface area contributed by atoms with E-state index in [4.69, 9.17) is 4.74 Å². The monoisotopic (exact) mass is 300 g/mol. The molecule has 0 bridgehead atoms. The van der Waals surface area contributed by atoms with Crippen LogP contribution in [0.5, 0.6) is 5.75 Å². The van der Waals surface area contributed by atoms with Gasteiger partial charge < -0.3 is 15.4 Å². The molecule has 2 atom stereocenters. The zero-order valence-corrected chi connectivity index (χ0v) is 12.5. The van der Waals surface area contributed by atoms with Gasteiger partial charge in [0.05, 0.1) is 19.2 Å². The molecule has 6 heteroatoms. The minimum atomic E-state index is -0.165. The predicted octanol–water partition coefficient (Wildman–Crippen LogP) is 2.09. The number of urea groups is 1. The number of aromatic nitrogens is 2. The zero-order valence-electron chi connectivity index (χ0n) is 12.5. The average Bonchev–Trinajstić information content (AvgIpc) is 3.00. The molecule has 0 unspecified atom stereocenters. The van der Waals surface area contributed by atoms with Crippen molar-refractivity contribution in [2.24, 2.45) is 0 Å². The summed E-state index contributed by atoms with van der Waals surface area (Å²) in [4.78, 5) is 12.2. The molecule has 2 heterocycles. The Morgan fingerprint density at radius 1 is 1.45 bits per heavy atom. The second kappa shape index (κ2) is 6.51. The molecule has 0 spiro atoms. The highest BCUT2D eigenvalue weighted by molar-refractivity contribution is 5.75. The van der Waals surface area contributed by atoms with E-state index < -0.39 is 0 Å². The van der Waals surface area contributed by atoms with E-state index in [1.807, 2.05) is 43.5 Å². The van der Waals surface area contributed by atoms with E-state index in [1.165, 1.54) is 0 Å². The van der Waals surface area contributed by atoms with Gasteiger partial charge in [0.2, 0.25) is 0 Å². The van der Waals surface area contributed by atoms with Gasteiger partial charge in [0, 0.05) is 30.4 Å². The Bertz CT molecular complexity index is 627. The van der Waals surface area contributed by atoms with Crippen molar-refractivity contribution >= 4 is 6.03 Å². The number of carbonyl (C=O) groups is 1. The van der Waals surface area contributed by atoms with Gasteiger partial charge in [-0.05, 0) is 19.1 Å². The lowest BCUT2D eigenvalue weighted by molar-refractivity contribution is 0.219. The quantitative estimate of drug-likeness (QED) is 0.908. The van der Waals surface area contributed by atoms with Crippen LogP contribution in [-0.2, 0) is 6.54 Å². The van der Waals surface area contributed by atoms with Crippen molar-refractivity contribution in [1.29, 1.82) is 0 Å². The molecule has 0 saturated carbocycles. The zero-order chi connectivity index (χ0) is 15.4. The van der Waals surface area contributed by atoms with Gasteiger partial charge in [-0.15, -0.1) is 0 Å². The molecule has 0 fully saturated rings. The topological polar surface area (TPSA) is 68.2 Å². The second-order valence-electron chi connectivity index (χ2n) is 5.47. The van der Waals surface area contributed by atoms with Gasteiger partial charge in [-0.3, -0.25) is 4.68 Å². The first-order valence-electron chi connectivity index (χ1n) is 7.48. The van der Waals surface area contributed by atoms with Crippen LogP contribution in [-0.4, -0.2) is 28.5 Å². The van der Waals surface area contributed by atoms with Crippen LogP contribution < -0.4 is 15.4 Å². The Hall–Kier alpha value is -2.50. The van der Waals surface area contributed by atoms with Crippen LogP contribution in [0.25, 0.3) is 0 Å². The van der Waals surface area contributed by atoms with Crippen molar-refractivity contribution in [2.45, 2.75) is 32.0 Å². The smallest absolute Gasteiger partial charge is 0.315 e. The third kappa shape index (κ3) is 3.39. The van der Waals surface area contributed by atoms with Crippen LogP contribution in [0.2, 0.25) is 0 Å². The fourth-order valence-electron chi connectivity index (χ4n) is 2.65. The predicted molar refractivity (Wildman–Crippen MR) is 82.7 cm³/mol. The molecule has 1 aliphatic heterocycles. The molecule has 1 aromatic heterocycles. The van der Waals surface area contributed by atoms with Crippen LogP contribution in [0.3, 0.4) is 0 Å². The van der Waals surface area contributed by atoms with Crippen molar-refractivity contribution in [3.63, 3.8) is 0 Å². The maximum absolute atomic E-state index is 12.2. The number of hydrogen-bond donors (Lipinski definition) is 2. The van der Waals surface area contributed by atoms with E-state index >= 15 is 0 Å². The Kier molecular flexibility index (Phi) is 4.27. The number of hydrogen-bond acceptors (Lipinski definition) is 3.